The molecule has 1 N–H and O–H groups in total. The van der Waals surface area contributed by atoms with Crippen molar-refractivity contribution in [2.75, 3.05) is 26.3 Å². The van der Waals surface area contributed by atoms with Gasteiger partial charge in [0.25, 0.3) is 5.91 Å². The molecule has 5 heteroatoms. The van der Waals surface area contributed by atoms with Gasteiger partial charge < -0.3 is 14.6 Å². The lowest BCUT2D eigenvalue weighted by atomic mass is 10.1. The molecule has 0 saturated carbocycles. The van der Waals surface area contributed by atoms with E-state index in [1.54, 1.807) is 0 Å². The molecule has 0 radical (unpaired) electrons. The maximum atomic E-state index is 12.4. The van der Waals surface area contributed by atoms with Crippen molar-refractivity contribution in [3.63, 3.8) is 0 Å². The molecule has 0 bridgehead atoms. The molecule has 1 aliphatic heterocycles. The number of ether oxygens (including phenoxy) is 1. The highest BCUT2D eigenvalue weighted by Crippen LogP contribution is 2.16. The zero-order valence-electron chi connectivity index (χ0n) is 11.0. The highest BCUT2D eigenvalue weighted by atomic mass is 16.5. The molecule has 1 saturated heterocycles. The summed E-state index contributed by atoms with van der Waals surface area (Å²) >= 11 is 0. The Kier molecular flexibility index (Phi) is 3.21. The smallest absolute Gasteiger partial charge is 0.254 e. The van der Waals surface area contributed by atoms with Crippen molar-refractivity contribution < 1.29 is 9.53 Å². The quantitative estimate of drug-likeness (QED) is 0.891. The number of nitrogens with one attached hydrogen (secondary N) is 1. The maximum absolute atomic E-state index is 12.4. The van der Waals surface area contributed by atoms with Gasteiger partial charge >= 0.3 is 0 Å². The average Bonchev–Trinajstić information content (AvgIpc) is 2.89. The van der Waals surface area contributed by atoms with E-state index < -0.39 is 0 Å². The van der Waals surface area contributed by atoms with Gasteiger partial charge in [0.1, 0.15) is 5.82 Å². The minimum absolute atomic E-state index is 0.0675. The predicted molar refractivity (Wildman–Crippen MR) is 72.2 cm³/mol. The number of carbonyl (C=O) groups excluding carboxylic acids is 1. The summed E-state index contributed by atoms with van der Waals surface area (Å²) in [6.45, 7) is 4.63. The first-order valence-corrected chi connectivity index (χ1v) is 6.63. The monoisotopic (exact) mass is 259 g/mol. The Morgan fingerprint density at radius 1 is 1.42 bits per heavy atom. The highest BCUT2D eigenvalue weighted by molar-refractivity contribution is 5.97. The number of nitrogens with zero attached hydrogens (tertiary/aromatic N) is 2. The van der Waals surface area contributed by atoms with Crippen molar-refractivity contribution in [2.45, 2.75) is 13.3 Å². The number of rotatable bonds is 2. The van der Waals surface area contributed by atoms with Crippen LogP contribution in [0.2, 0.25) is 0 Å². The van der Waals surface area contributed by atoms with Gasteiger partial charge in [-0.3, -0.25) is 4.79 Å². The number of imidazole rings is 1. The third-order valence-corrected chi connectivity index (χ3v) is 3.41. The van der Waals surface area contributed by atoms with E-state index in [0.29, 0.717) is 31.9 Å². The molecule has 3 rings (SSSR count). The topological polar surface area (TPSA) is 58.2 Å². The van der Waals surface area contributed by atoms with Crippen LogP contribution in [0.4, 0.5) is 0 Å². The first-order valence-electron chi connectivity index (χ1n) is 6.63. The summed E-state index contributed by atoms with van der Waals surface area (Å²) in [4.78, 5) is 21.9. The maximum Gasteiger partial charge on any atom is 0.254 e. The summed E-state index contributed by atoms with van der Waals surface area (Å²) in [5.41, 5.74) is 2.55. The molecule has 1 aromatic carbocycles. The lowest BCUT2D eigenvalue weighted by Gasteiger charge is -2.26. The Hall–Kier alpha value is -1.88. The van der Waals surface area contributed by atoms with Crippen LogP contribution < -0.4 is 0 Å². The van der Waals surface area contributed by atoms with Gasteiger partial charge in [0.2, 0.25) is 0 Å². The highest BCUT2D eigenvalue weighted by Gasteiger charge is 2.18. The van der Waals surface area contributed by atoms with Crippen LogP contribution in [0.15, 0.2) is 18.2 Å². The number of hydrogen-bond donors (Lipinski definition) is 1. The van der Waals surface area contributed by atoms with Crippen molar-refractivity contribution in [2.24, 2.45) is 0 Å². The number of H-pyrrole nitrogens is 1. The van der Waals surface area contributed by atoms with Crippen LogP contribution >= 0.6 is 0 Å². The number of hydrogen-bond acceptors (Lipinski definition) is 3. The Morgan fingerprint density at radius 3 is 2.95 bits per heavy atom. The molecular formula is C14H17N3O2. The average molecular weight is 259 g/mol. The minimum Gasteiger partial charge on any atom is -0.378 e. The van der Waals surface area contributed by atoms with E-state index in [4.69, 9.17) is 4.74 Å². The van der Waals surface area contributed by atoms with Crippen LogP contribution in [0.5, 0.6) is 0 Å². The molecule has 1 amide bonds. The van der Waals surface area contributed by atoms with E-state index in [9.17, 15) is 4.79 Å². The number of aromatic nitrogens is 2. The Balaban J connectivity index is 1.89. The van der Waals surface area contributed by atoms with E-state index in [-0.39, 0.29) is 5.91 Å². The fourth-order valence-electron chi connectivity index (χ4n) is 2.31. The van der Waals surface area contributed by atoms with Gasteiger partial charge in [-0.05, 0) is 18.2 Å². The van der Waals surface area contributed by atoms with Crippen molar-refractivity contribution in [1.29, 1.82) is 0 Å². The number of morpholine rings is 1. The van der Waals surface area contributed by atoms with Crippen LogP contribution in [-0.2, 0) is 11.2 Å². The van der Waals surface area contributed by atoms with Crippen molar-refractivity contribution in [1.82, 2.24) is 14.9 Å². The lowest BCUT2D eigenvalue weighted by molar-refractivity contribution is 0.0303. The molecule has 2 heterocycles. The lowest BCUT2D eigenvalue weighted by Crippen LogP contribution is -2.40. The second-order valence-electron chi connectivity index (χ2n) is 4.67. The Morgan fingerprint density at radius 2 is 2.21 bits per heavy atom. The molecule has 1 aromatic heterocycles. The molecule has 1 fully saturated rings. The number of aromatic amines is 1. The Labute approximate surface area is 111 Å². The summed E-state index contributed by atoms with van der Waals surface area (Å²) in [7, 11) is 0. The van der Waals surface area contributed by atoms with E-state index in [1.165, 1.54) is 0 Å². The molecule has 5 nitrogen and oxygen atoms in total. The van der Waals surface area contributed by atoms with Gasteiger partial charge in [-0.1, -0.05) is 6.92 Å². The molecule has 2 aromatic rings. The zero-order valence-corrected chi connectivity index (χ0v) is 11.0. The molecule has 0 unspecified atom stereocenters. The zero-order chi connectivity index (χ0) is 13.2. The van der Waals surface area contributed by atoms with Gasteiger partial charge in [-0.25, -0.2) is 4.98 Å². The molecule has 100 valence electrons. The van der Waals surface area contributed by atoms with Crippen LogP contribution in [0.1, 0.15) is 23.1 Å². The van der Waals surface area contributed by atoms with E-state index in [0.717, 1.165) is 23.3 Å². The van der Waals surface area contributed by atoms with Gasteiger partial charge in [-0.15, -0.1) is 0 Å². The first kappa shape index (κ1) is 12.2. The number of amides is 1. The Bertz CT molecular complexity index is 600. The summed E-state index contributed by atoms with van der Waals surface area (Å²) in [5, 5.41) is 0. The van der Waals surface area contributed by atoms with Crippen molar-refractivity contribution in [3.8, 4) is 0 Å². The van der Waals surface area contributed by atoms with E-state index in [1.807, 2.05) is 23.1 Å². The largest absolute Gasteiger partial charge is 0.378 e. The summed E-state index contributed by atoms with van der Waals surface area (Å²) in [6, 6.07) is 5.64. The van der Waals surface area contributed by atoms with Crippen LogP contribution in [0.25, 0.3) is 11.0 Å². The minimum atomic E-state index is 0.0675. The van der Waals surface area contributed by atoms with Gasteiger partial charge in [0, 0.05) is 25.1 Å². The second kappa shape index (κ2) is 5.01. The standard InChI is InChI=1S/C14H17N3O2/c1-2-13-15-11-4-3-10(9-12(11)16-13)14(18)17-5-7-19-8-6-17/h3-4,9H,2,5-8H2,1H3,(H,15,16). The van der Waals surface area contributed by atoms with Gasteiger partial charge in [0.15, 0.2) is 0 Å². The van der Waals surface area contributed by atoms with Crippen molar-refractivity contribution >= 4 is 16.9 Å². The van der Waals surface area contributed by atoms with E-state index >= 15 is 0 Å². The predicted octanol–water partition coefficient (Wildman–Crippen LogP) is 1.60. The summed E-state index contributed by atoms with van der Waals surface area (Å²) in [5.74, 6) is 1.02. The second-order valence-corrected chi connectivity index (χ2v) is 4.67. The molecule has 0 aliphatic carbocycles. The number of carbonyl (C=O) groups is 1. The van der Waals surface area contributed by atoms with Gasteiger partial charge in [0.05, 0.1) is 24.2 Å². The fraction of sp³-hybridized carbons (Fsp3) is 0.429. The normalized spacial score (nSPS) is 15.9. The number of aryl methyl sites for hydroxylation is 1. The molecule has 19 heavy (non-hydrogen) atoms. The SMILES string of the molecule is CCc1nc2ccc(C(=O)N3CCOCC3)cc2[nH]1. The molecular weight excluding hydrogens is 242 g/mol. The van der Waals surface area contributed by atoms with Crippen LogP contribution in [0.3, 0.4) is 0 Å². The van der Waals surface area contributed by atoms with Gasteiger partial charge in [-0.2, -0.15) is 0 Å². The fourth-order valence-corrected chi connectivity index (χ4v) is 2.31. The van der Waals surface area contributed by atoms with Crippen LogP contribution in [0, 0.1) is 0 Å². The number of benzene rings is 1. The molecule has 0 spiro atoms. The third-order valence-electron chi connectivity index (χ3n) is 3.41. The summed E-state index contributed by atoms with van der Waals surface area (Å²) < 4.78 is 5.26. The molecule has 1 aliphatic rings. The first-order chi connectivity index (χ1) is 9.28. The van der Waals surface area contributed by atoms with Crippen LogP contribution in [-0.4, -0.2) is 47.1 Å². The molecule has 0 atom stereocenters. The number of fused-ring (bicyclic) bond motifs is 1. The van der Waals surface area contributed by atoms with E-state index in [2.05, 4.69) is 16.9 Å². The summed E-state index contributed by atoms with van der Waals surface area (Å²) in [6.07, 6.45) is 0.863. The van der Waals surface area contributed by atoms with Crippen molar-refractivity contribution in [3.05, 3.63) is 29.6 Å². The third kappa shape index (κ3) is 2.33.